The summed E-state index contributed by atoms with van der Waals surface area (Å²) in [6.45, 7) is 3.08. The quantitative estimate of drug-likeness (QED) is 0.671. The standard InChI is InChI=1S/C18H17N3O5/c1-11-9-13(7-8-15(11)21(24)25)26-12(2)18(23)20-10-17(22)19-14-5-3-4-6-16(14)20/h3-9,12H,10H2,1-2H3,(H,19,22)/t12-/m0/s1. The van der Waals surface area contributed by atoms with E-state index in [9.17, 15) is 19.7 Å². The second kappa shape index (κ2) is 6.83. The molecule has 2 amide bonds. The molecule has 0 aliphatic carbocycles. The zero-order chi connectivity index (χ0) is 18.8. The second-order valence-electron chi connectivity index (χ2n) is 5.96. The van der Waals surface area contributed by atoms with Crippen molar-refractivity contribution in [2.75, 3.05) is 16.8 Å². The van der Waals surface area contributed by atoms with Gasteiger partial charge < -0.3 is 10.1 Å². The lowest BCUT2D eigenvalue weighted by atomic mass is 10.1. The van der Waals surface area contributed by atoms with Crippen molar-refractivity contribution in [3.05, 3.63) is 58.1 Å². The Balaban J connectivity index is 1.79. The number of amides is 2. The number of fused-ring (bicyclic) bond motifs is 1. The van der Waals surface area contributed by atoms with Crippen molar-refractivity contribution in [2.24, 2.45) is 0 Å². The summed E-state index contributed by atoms with van der Waals surface area (Å²) in [5.41, 5.74) is 1.59. The molecule has 2 aromatic rings. The highest BCUT2D eigenvalue weighted by atomic mass is 16.6. The number of nitro benzene ring substituents is 1. The second-order valence-corrected chi connectivity index (χ2v) is 5.96. The van der Waals surface area contributed by atoms with Crippen molar-refractivity contribution in [1.29, 1.82) is 0 Å². The summed E-state index contributed by atoms with van der Waals surface area (Å²) in [6.07, 6.45) is -0.866. The molecule has 1 atom stereocenters. The summed E-state index contributed by atoms with van der Waals surface area (Å²) < 4.78 is 5.65. The number of hydrogen-bond donors (Lipinski definition) is 1. The fourth-order valence-electron chi connectivity index (χ4n) is 2.81. The van der Waals surface area contributed by atoms with Crippen LogP contribution in [0.2, 0.25) is 0 Å². The monoisotopic (exact) mass is 355 g/mol. The van der Waals surface area contributed by atoms with Crippen molar-refractivity contribution in [1.82, 2.24) is 0 Å². The fourth-order valence-corrected chi connectivity index (χ4v) is 2.81. The van der Waals surface area contributed by atoms with Gasteiger partial charge in [0.05, 0.1) is 16.3 Å². The third-order valence-electron chi connectivity index (χ3n) is 4.06. The molecule has 0 radical (unpaired) electrons. The van der Waals surface area contributed by atoms with E-state index >= 15 is 0 Å². The molecule has 1 aliphatic heterocycles. The van der Waals surface area contributed by atoms with Gasteiger partial charge in [0.25, 0.3) is 11.6 Å². The van der Waals surface area contributed by atoms with Crippen LogP contribution in [0.25, 0.3) is 0 Å². The van der Waals surface area contributed by atoms with E-state index < -0.39 is 11.0 Å². The predicted octanol–water partition coefficient (Wildman–Crippen LogP) is 2.66. The lowest BCUT2D eigenvalue weighted by Gasteiger charge is -2.31. The summed E-state index contributed by atoms with van der Waals surface area (Å²) in [4.78, 5) is 36.4. The van der Waals surface area contributed by atoms with Crippen LogP contribution in [-0.4, -0.2) is 29.4 Å². The number of carbonyl (C=O) groups is 2. The fraction of sp³-hybridized carbons (Fsp3) is 0.222. The number of ether oxygens (including phenoxy) is 1. The molecule has 8 nitrogen and oxygen atoms in total. The normalized spacial score (nSPS) is 14.2. The van der Waals surface area contributed by atoms with Crippen LogP contribution in [0, 0.1) is 17.0 Å². The molecule has 0 unspecified atom stereocenters. The predicted molar refractivity (Wildman–Crippen MR) is 95.3 cm³/mol. The van der Waals surface area contributed by atoms with E-state index in [0.717, 1.165) is 0 Å². The van der Waals surface area contributed by atoms with Gasteiger partial charge in [-0.25, -0.2) is 0 Å². The maximum atomic E-state index is 12.8. The van der Waals surface area contributed by atoms with E-state index in [1.165, 1.54) is 23.1 Å². The molecule has 1 N–H and O–H groups in total. The number of aryl methyl sites for hydroxylation is 1. The van der Waals surface area contributed by atoms with Crippen molar-refractivity contribution < 1.29 is 19.2 Å². The molecule has 3 rings (SSSR count). The zero-order valence-corrected chi connectivity index (χ0v) is 14.3. The van der Waals surface area contributed by atoms with Gasteiger partial charge in [0.15, 0.2) is 6.10 Å². The van der Waals surface area contributed by atoms with Crippen LogP contribution in [0.1, 0.15) is 12.5 Å². The van der Waals surface area contributed by atoms with E-state index in [0.29, 0.717) is 22.7 Å². The molecule has 0 aromatic heterocycles. The van der Waals surface area contributed by atoms with Crippen LogP contribution >= 0.6 is 0 Å². The third kappa shape index (κ3) is 3.34. The van der Waals surface area contributed by atoms with Crippen LogP contribution < -0.4 is 15.0 Å². The minimum absolute atomic E-state index is 0.0158. The van der Waals surface area contributed by atoms with E-state index in [1.807, 2.05) is 0 Å². The number of nitro groups is 1. The first-order chi connectivity index (χ1) is 12.4. The Kier molecular flexibility index (Phi) is 4.57. The van der Waals surface area contributed by atoms with Gasteiger partial charge in [0, 0.05) is 11.6 Å². The summed E-state index contributed by atoms with van der Waals surface area (Å²) in [5.74, 6) is -0.303. The molecule has 134 valence electrons. The van der Waals surface area contributed by atoms with E-state index in [1.54, 1.807) is 38.1 Å². The Morgan fingerprint density at radius 1 is 1.31 bits per heavy atom. The van der Waals surface area contributed by atoms with Gasteiger partial charge >= 0.3 is 0 Å². The van der Waals surface area contributed by atoms with E-state index in [2.05, 4.69) is 5.32 Å². The first kappa shape index (κ1) is 17.4. The van der Waals surface area contributed by atoms with Crippen molar-refractivity contribution in [3.8, 4) is 5.75 Å². The van der Waals surface area contributed by atoms with Crippen LogP contribution in [-0.2, 0) is 9.59 Å². The Hall–Kier alpha value is -3.42. The molecule has 1 aliphatic rings. The van der Waals surface area contributed by atoms with Gasteiger partial charge in [-0.15, -0.1) is 0 Å². The molecule has 1 heterocycles. The van der Waals surface area contributed by atoms with Gasteiger partial charge in [0.1, 0.15) is 12.3 Å². The Morgan fingerprint density at radius 2 is 2.04 bits per heavy atom. The minimum Gasteiger partial charge on any atom is -0.481 e. The number of para-hydroxylation sites is 2. The minimum atomic E-state index is -0.866. The summed E-state index contributed by atoms with van der Waals surface area (Å²) in [5, 5.41) is 13.6. The number of nitrogens with zero attached hydrogens (tertiary/aromatic N) is 2. The highest BCUT2D eigenvalue weighted by Crippen LogP contribution is 2.30. The molecule has 0 bridgehead atoms. The Labute approximate surface area is 149 Å². The third-order valence-corrected chi connectivity index (χ3v) is 4.06. The van der Waals surface area contributed by atoms with E-state index in [-0.39, 0.29) is 24.0 Å². The largest absolute Gasteiger partial charge is 0.481 e. The molecular formula is C18H17N3O5. The first-order valence-corrected chi connectivity index (χ1v) is 7.99. The summed E-state index contributed by atoms with van der Waals surface area (Å²) in [7, 11) is 0. The average Bonchev–Trinajstić information content (AvgIpc) is 2.60. The Morgan fingerprint density at radius 3 is 2.73 bits per heavy atom. The van der Waals surface area contributed by atoms with Crippen molar-refractivity contribution in [2.45, 2.75) is 20.0 Å². The Bertz CT molecular complexity index is 896. The average molecular weight is 355 g/mol. The number of rotatable bonds is 4. The van der Waals surface area contributed by atoms with Gasteiger partial charge in [-0.05, 0) is 38.1 Å². The lowest BCUT2D eigenvalue weighted by molar-refractivity contribution is -0.385. The van der Waals surface area contributed by atoms with Crippen LogP contribution in [0.3, 0.4) is 0 Å². The molecule has 0 saturated heterocycles. The SMILES string of the molecule is Cc1cc(O[C@@H](C)C(=O)N2CC(=O)Nc3ccccc32)ccc1[N+](=O)[O-]. The maximum Gasteiger partial charge on any atom is 0.272 e. The van der Waals surface area contributed by atoms with E-state index in [4.69, 9.17) is 4.74 Å². The highest BCUT2D eigenvalue weighted by molar-refractivity contribution is 6.10. The summed E-state index contributed by atoms with van der Waals surface area (Å²) in [6, 6.07) is 11.3. The molecule has 0 saturated carbocycles. The van der Waals surface area contributed by atoms with Crippen LogP contribution in [0.15, 0.2) is 42.5 Å². The lowest BCUT2D eigenvalue weighted by Crippen LogP contribution is -2.47. The molecular weight excluding hydrogens is 338 g/mol. The van der Waals surface area contributed by atoms with Gasteiger partial charge in [-0.1, -0.05) is 12.1 Å². The first-order valence-electron chi connectivity index (χ1n) is 7.99. The highest BCUT2D eigenvalue weighted by Gasteiger charge is 2.30. The van der Waals surface area contributed by atoms with Crippen LogP contribution in [0.5, 0.6) is 5.75 Å². The van der Waals surface area contributed by atoms with Gasteiger partial charge in [0.2, 0.25) is 5.91 Å². The number of anilines is 2. The smallest absolute Gasteiger partial charge is 0.272 e. The van der Waals surface area contributed by atoms with Gasteiger partial charge in [-0.2, -0.15) is 0 Å². The molecule has 8 heteroatoms. The molecule has 0 spiro atoms. The molecule has 26 heavy (non-hydrogen) atoms. The number of benzene rings is 2. The van der Waals surface area contributed by atoms with Crippen molar-refractivity contribution in [3.63, 3.8) is 0 Å². The molecule has 0 fully saturated rings. The summed E-state index contributed by atoms with van der Waals surface area (Å²) >= 11 is 0. The number of hydrogen-bond acceptors (Lipinski definition) is 5. The number of carbonyl (C=O) groups excluding carboxylic acids is 2. The topological polar surface area (TPSA) is 102 Å². The number of nitrogens with one attached hydrogen (secondary N) is 1. The maximum absolute atomic E-state index is 12.8. The molecule has 2 aromatic carbocycles. The van der Waals surface area contributed by atoms with Crippen LogP contribution in [0.4, 0.5) is 17.1 Å². The van der Waals surface area contributed by atoms with Crippen molar-refractivity contribution >= 4 is 28.9 Å². The zero-order valence-electron chi connectivity index (χ0n) is 14.3. The van der Waals surface area contributed by atoms with Gasteiger partial charge in [-0.3, -0.25) is 24.6 Å².